The van der Waals surface area contributed by atoms with Crippen LogP contribution in [0, 0.1) is 11.3 Å². The summed E-state index contributed by atoms with van der Waals surface area (Å²) in [4.78, 5) is 0. The van der Waals surface area contributed by atoms with Gasteiger partial charge in [-0.25, -0.2) is 0 Å². The molecule has 2 heteroatoms. The van der Waals surface area contributed by atoms with Crippen molar-refractivity contribution in [2.45, 2.75) is 58.5 Å². The van der Waals surface area contributed by atoms with Crippen molar-refractivity contribution in [3.05, 3.63) is 23.5 Å². The lowest BCUT2D eigenvalue weighted by atomic mass is 9.74. The molecule has 1 aromatic heterocycles. The van der Waals surface area contributed by atoms with E-state index in [1.807, 2.05) is 0 Å². The second-order valence-electron chi connectivity index (χ2n) is 7.01. The quantitative estimate of drug-likeness (QED) is 0.790. The maximum atomic E-state index is 6.31. The summed E-state index contributed by atoms with van der Waals surface area (Å²) in [6.45, 7) is 7.04. The van der Waals surface area contributed by atoms with E-state index in [1.165, 1.54) is 30.5 Å². The molecule has 0 aromatic carbocycles. The van der Waals surface area contributed by atoms with E-state index < -0.39 is 0 Å². The molecule has 1 aromatic rings. The summed E-state index contributed by atoms with van der Waals surface area (Å²) in [6, 6.07) is 3.25. The SMILES string of the molecule is CC1CC(n2ccc3c2CC(C)(C)CC3N)C1. The molecule has 3 rings (SSSR count). The van der Waals surface area contributed by atoms with E-state index in [0.717, 1.165) is 18.4 Å². The Kier molecular flexibility index (Phi) is 2.41. The van der Waals surface area contributed by atoms with Crippen molar-refractivity contribution in [2.24, 2.45) is 17.1 Å². The Morgan fingerprint density at radius 2 is 2.06 bits per heavy atom. The fourth-order valence-corrected chi connectivity index (χ4v) is 3.69. The Bertz CT molecular complexity index is 424. The second kappa shape index (κ2) is 3.61. The first-order valence-electron chi connectivity index (χ1n) is 6.91. The summed E-state index contributed by atoms with van der Waals surface area (Å²) in [6.07, 6.45) is 7.27. The van der Waals surface area contributed by atoms with E-state index in [-0.39, 0.29) is 6.04 Å². The zero-order valence-electron chi connectivity index (χ0n) is 11.2. The van der Waals surface area contributed by atoms with Crippen molar-refractivity contribution < 1.29 is 0 Å². The van der Waals surface area contributed by atoms with Crippen molar-refractivity contribution in [3.8, 4) is 0 Å². The summed E-state index contributed by atoms with van der Waals surface area (Å²) in [5, 5.41) is 0. The van der Waals surface area contributed by atoms with E-state index in [0.29, 0.717) is 5.41 Å². The third-order valence-corrected chi connectivity index (χ3v) is 4.62. The summed E-state index contributed by atoms with van der Waals surface area (Å²) in [7, 11) is 0. The molecule has 0 radical (unpaired) electrons. The minimum absolute atomic E-state index is 0.243. The minimum atomic E-state index is 0.243. The molecule has 2 aliphatic rings. The molecular formula is C15H24N2. The number of hydrogen-bond donors (Lipinski definition) is 1. The van der Waals surface area contributed by atoms with Gasteiger partial charge in [-0.2, -0.15) is 0 Å². The average Bonchev–Trinajstić information content (AvgIpc) is 2.54. The topological polar surface area (TPSA) is 30.9 Å². The molecule has 94 valence electrons. The number of fused-ring (bicyclic) bond motifs is 1. The van der Waals surface area contributed by atoms with Gasteiger partial charge in [-0.3, -0.25) is 0 Å². The molecule has 0 aliphatic heterocycles. The minimum Gasteiger partial charge on any atom is -0.348 e. The molecule has 2 N–H and O–H groups in total. The van der Waals surface area contributed by atoms with Gasteiger partial charge >= 0.3 is 0 Å². The predicted octanol–water partition coefficient (Wildman–Crippen LogP) is 3.43. The third-order valence-electron chi connectivity index (χ3n) is 4.62. The molecule has 2 aliphatic carbocycles. The molecule has 0 saturated heterocycles. The third kappa shape index (κ3) is 1.83. The Balaban J connectivity index is 1.93. The molecule has 1 atom stereocenters. The largest absolute Gasteiger partial charge is 0.348 e. The van der Waals surface area contributed by atoms with E-state index in [1.54, 1.807) is 0 Å². The van der Waals surface area contributed by atoms with Crippen molar-refractivity contribution in [1.29, 1.82) is 0 Å². The van der Waals surface area contributed by atoms with Crippen LogP contribution >= 0.6 is 0 Å². The van der Waals surface area contributed by atoms with E-state index in [9.17, 15) is 0 Å². The lowest BCUT2D eigenvalue weighted by Crippen LogP contribution is -2.33. The number of nitrogens with zero attached hydrogens (tertiary/aromatic N) is 1. The van der Waals surface area contributed by atoms with Crippen molar-refractivity contribution in [1.82, 2.24) is 4.57 Å². The Labute approximate surface area is 104 Å². The molecule has 0 bridgehead atoms. The van der Waals surface area contributed by atoms with Crippen LogP contribution in [0.5, 0.6) is 0 Å². The molecule has 17 heavy (non-hydrogen) atoms. The van der Waals surface area contributed by atoms with Gasteiger partial charge in [0.05, 0.1) is 0 Å². The van der Waals surface area contributed by atoms with Gasteiger partial charge in [-0.15, -0.1) is 0 Å². The molecule has 1 heterocycles. The highest BCUT2D eigenvalue weighted by Gasteiger charge is 2.35. The predicted molar refractivity (Wildman–Crippen MR) is 70.9 cm³/mol. The van der Waals surface area contributed by atoms with E-state index in [2.05, 4.69) is 37.6 Å². The maximum absolute atomic E-state index is 6.31. The van der Waals surface area contributed by atoms with Crippen molar-refractivity contribution >= 4 is 0 Å². The van der Waals surface area contributed by atoms with Gasteiger partial charge in [0.2, 0.25) is 0 Å². The van der Waals surface area contributed by atoms with Crippen LogP contribution in [0.25, 0.3) is 0 Å². The Morgan fingerprint density at radius 3 is 2.71 bits per heavy atom. The van der Waals surface area contributed by atoms with Gasteiger partial charge in [-0.05, 0) is 48.6 Å². The van der Waals surface area contributed by atoms with Crippen LogP contribution in [0.3, 0.4) is 0 Å². The first kappa shape index (κ1) is 11.3. The van der Waals surface area contributed by atoms with Crippen LogP contribution in [0.1, 0.15) is 63.4 Å². The maximum Gasteiger partial charge on any atom is 0.0338 e. The highest BCUT2D eigenvalue weighted by Crippen LogP contribution is 2.44. The fraction of sp³-hybridized carbons (Fsp3) is 0.733. The lowest BCUT2D eigenvalue weighted by molar-refractivity contribution is 0.201. The van der Waals surface area contributed by atoms with Gasteiger partial charge in [0.25, 0.3) is 0 Å². The average molecular weight is 232 g/mol. The van der Waals surface area contributed by atoms with E-state index >= 15 is 0 Å². The molecule has 1 unspecified atom stereocenters. The second-order valence-corrected chi connectivity index (χ2v) is 7.01. The highest BCUT2D eigenvalue weighted by atomic mass is 15.0. The smallest absolute Gasteiger partial charge is 0.0338 e. The van der Waals surface area contributed by atoms with Crippen LogP contribution in [0.15, 0.2) is 12.3 Å². The molecule has 1 fully saturated rings. The standard InChI is InChI=1S/C15H24N2/c1-10-6-11(7-10)17-5-4-12-13(16)8-15(2,3)9-14(12)17/h4-5,10-11,13H,6-9,16H2,1-3H3. The lowest BCUT2D eigenvalue weighted by Gasteiger charge is -2.39. The van der Waals surface area contributed by atoms with Gasteiger partial charge < -0.3 is 10.3 Å². The Morgan fingerprint density at radius 1 is 1.35 bits per heavy atom. The zero-order valence-corrected chi connectivity index (χ0v) is 11.2. The van der Waals surface area contributed by atoms with Gasteiger partial charge in [-0.1, -0.05) is 20.8 Å². The highest BCUT2D eigenvalue weighted by molar-refractivity contribution is 5.31. The number of aromatic nitrogens is 1. The van der Waals surface area contributed by atoms with Crippen LogP contribution < -0.4 is 5.73 Å². The molecule has 0 amide bonds. The van der Waals surface area contributed by atoms with Crippen molar-refractivity contribution in [3.63, 3.8) is 0 Å². The van der Waals surface area contributed by atoms with Gasteiger partial charge in [0.1, 0.15) is 0 Å². The van der Waals surface area contributed by atoms with E-state index in [4.69, 9.17) is 5.73 Å². The van der Waals surface area contributed by atoms with Gasteiger partial charge in [0, 0.05) is 24.0 Å². The molecule has 2 nitrogen and oxygen atoms in total. The van der Waals surface area contributed by atoms with Gasteiger partial charge in [0.15, 0.2) is 0 Å². The fourth-order valence-electron chi connectivity index (χ4n) is 3.69. The molecule has 1 saturated carbocycles. The number of nitrogens with two attached hydrogens (primary N) is 1. The summed E-state index contributed by atoms with van der Waals surface area (Å²) >= 11 is 0. The summed E-state index contributed by atoms with van der Waals surface area (Å²) in [5.74, 6) is 0.906. The first-order valence-corrected chi connectivity index (χ1v) is 6.91. The zero-order chi connectivity index (χ0) is 12.2. The van der Waals surface area contributed by atoms with Crippen LogP contribution in [-0.4, -0.2) is 4.57 Å². The normalized spacial score (nSPS) is 35.2. The van der Waals surface area contributed by atoms with Crippen molar-refractivity contribution in [2.75, 3.05) is 0 Å². The first-order chi connectivity index (χ1) is 7.96. The molecular weight excluding hydrogens is 208 g/mol. The number of hydrogen-bond acceptors (Lipinski definition) is 1. The van der Waals surface area contributed by atoms with Crippen LogP contribution in [-0.2, 0) is 6.42 Å². The molecule has 0 spiro atoms. The van der Waals surface area contributed by atoms with Crippen LogP contribution in [0.2, 0.25) is 0 Å². The summed E-state index contributed by atoms with van der Waals surface area (Å²) < 4.78 is 2.52. The monoisotopic (exact) mass is 232 g/mol. The Hall–Kier alpha value is -0.760. The number of rotatable bonds is 1. The summed E-state index contributed by atoms with van der Waals surface area (Å²) in [5.41, 5.74) is 9.59. The van der Waals surface area contributed by atoms with Crippen LogP contribution in [0.4, 0.5) is 0 Å².